The minimum atomic E-state index is -4.77. The van der Waals surface area contributed by atoms with E-state index in [1.54, 1.807) is 12.1 Å². The largest absolute Gasteiger partial charge is 0.573 e. The van der Waals surface area contributed by atoms with Crippen molar-refractivity contribution in [3.05, 3.63) is 35.6 Å². The molecule has 2 fully saturated rings. The summed E-state index contributed by atoms with van der Waals surface area (Å²) in [6.07, 6.45) is -0.834. The van der Waals surface area contributed by atoms with Crippen molar-refractivity contribution >= 4 is 0 Å². The fraction of sp³-hybridized carbons (Fsp3) is 0.526. The smallest absolute Gasteiger partial charge is 0.405 e. The molecule has 1 aliphatic carbocycles. The van der Waals surface area contributed by atoms with Gasteiger partial charge in [-0.15, -0.1) is 13.2 Å². The van der Waals surface area contributed by atoms with E-state index in [9.17, 15) is 13.2 Å². The normalized spacial score (nSPS) is 18.6. The van der Waals surface area contributed by atoms with Gasteiger partial charge in [-0.25, -0.2) is 0 Å². The molecule has 2 aromatic rings. The molecule has 0 bridgehead atoms. The number of rotatable bonds is 6. The van der Waals surface area contributed by atoms with Crippen molar-refractivity contribution in [1.82, 2.24) is 10.5 Å². The number of hydrogen-bond donors (Lipinski definition) is 1. The molecule has 0 atom stereocenters. The van der Waals surface area contributed by atoms with Crippen molar-refractivity contribution in [2.75, 3.05) is 13.1 Å². The predicted molar refractivity (Wildman–Crippen MR) is 91.3 cm³/mol. The molecule has 2 heterocycles. The van der Waals surface area contributed by atoms with E-state index in [1.807, 2.05) is 0 Å². The lowest BCUT2D eigenvalue weighted by Crippen LogP contribution is -2.32. The molecule has 2 aliphatic rings. The van der Waals surface area contributed by atoms with Crippen LogP contribution in [0.15, 0.2) is 28.8 Å². The molecule has 1 saturated carbocycles. The molecule has 8 heteroatoms. The molecule has 0 radical (unpaired) electrons. The maximum atomic E-state index is 12.8. The maximum absolute atomic E-state index is 12.8. The van der Waals surface area contributed by atoms with Crippen molar-refractivity contribution in [1.29, 1.82) is 0 Å². The van der Waals surface area contributed by atoms with Crippen LogP contribution >= 0.6 is 0 Å². The van der Waals surface area contributed by atoms with E-state index in [2.05, 4.69) is 15.2 Å². The van der Waals surface area contributed by atoms with Crippen LogP contribution in [0.1, 0.15) is 42.9 Å². The number of aromatic nitrogens is 1. The van der Waals surface area contributed by atoms with E-state index in [4.69, 9.17) is 9.26 Å². The molecule has 4 rings (SSSR count). The third-order valence-corrected chi connectivity index (χ3v) is 4.88. The standard InChI is InChI=1S/C19H21F3N2O3/c20-19(21,22)26-16-4-2-1-3-14(16)17-15(18(27-24-17)12-5-6-12)11-25-13-7-9-23-10-8-13/h1-4,12-13,23H,5-11H2. The topological polar surface area (TPSA) is 56.5 Å². The summed E-state index contributed by atoms with van der Waals surface area (Å²) in [6, 6.07) is 5.99. The summed E-state index contributed by atoms with van der Waals surface area (Å²) in [5, 5.41) is 7.37. The molecule has 1 saturated heterocycles. The SMILES string of the molecule is FC(F)(F)Oc1ccccc1-c1noc(C2CC2)c1COC1CCNCC1. The monoisotopic (exact) mass is 382 g/mol. The molecule has 1 N–H and O–H groups in total. The molecule has 1 aliphatic heterocycles. The van der Waals surface area contributed by atoms with Crippen molar-refractivity contribution < 1.29 is 27.2 Å². The predicted octanol–water partition coefficient (Wildman–Crippen LogP) is 4.39. The Kier molecular flexibility index (Phi) is 5.10. The van der Waals surface area contributed by atoms with E-state index < -0.39 is 6.36 Å². The second-order valence-corrected chi connectivity index (χ2v) is 6.95. The maximum Gasteiger partial charge on any atom is 0.573 e. The van der Waals surface area contributed by atoms with Gasteiger partial charge in [0.25, 0.3) is 0 Å². The average Bonchev–Trinajstić information content (AvgIpc) is 3.40. The molecule has 146 valence electrons. The number of benzene rings is 1. The van der Waals surface area contributed by atoms with E-state index in [-0.39, 0.29) is 29.9 Å². The summed E-state index contributed by atoms with van der Waals surface area (Å²) in [7, 11) is 0. The van der Waals surface area contributed by atoms with Crippen LogP contribution in [0.3, 0.4) is 0 Å². The molecule has 27 heavy (non-hydrogen) atoms. The minimum Gasteiger partial charge on any atom is -0.405 e. The Labute approximate surface area is 154 Å². The van der Waals surface area contributed by atoms with Crippen LogP contribution in [0, 0.1) is 0 Å². The molecular formula is C19H21F3N2O3. The second kappa shape index (κ2) is 7.52. The van der Waals surface area contributed by atoms with Gasteiger partial charge in [0.1, 0.15) is 17.2 Å². The molecule has 5 nitrogen and oxygen atoms in total. The summed E-state index contributed by atoms with van der Waals surface area (Å²) in [6.45, 7) is 2.08. The number of nitrogens with zero attached hydrogens (tertiary/aromatic N) is 1. The number of ether oxygens (including phenoxy) is 2. The first kappa shape index (κ1) is 18.3. The molecular weight excluding hydrogens is 361 g/mol. The van der Waals surface area contributed by atoms with Gasteiger partial charge in [-0.3, -0.25) is 0 Å². The van der Waals surface area contributed by atoms with E-state index in [0.29, 0.717) is 5.69 Å². The van der Waals surface area contributed by atoms with Gasteiger partial charge in [0, 0.05) is 17.0 Å². The first-order valence-electron chi connectivity index (χ1n) is 9.17. The second-order valence-electron chi connectivity index (χ2n) is 6.95. The number of alkyl halides is 3. The van der Waals surface area contributed by atoms with Crippen LogP contribution in [-0.4, -0.2) is 30.7 Å². The Hall–Kier alpha value is -2.06. The van der Waals surface area contributed by atoms with Gasteiger partial charge in [0.05, 0.1) is 12.7 Å². The van der Waals surface area contributed by atoms with Crippen molar-refractivity contribution in [3.63, 3.8) is 0 Å². The molecule has 0 unspecified atom stereocenters. The zero-order chi connectivity index (χ0) is 18.9. The van der Waals surface area contributed by atoms with Gasteiger partial charge in [-0.05, 0) is 50.9 Å². The quantitative estimate of drug-likeness (QED) is 0.803. The van der Waals surface area contributed by atoms with E-state index in [1.165, 1.54) is 12.1 Å². The third-order valence-electron chi connectivity index (χ3n) is 4.88. The number of nitrogens with one attached hydrogen (secondary N) is 1. The van der Waals surface area contributed by atoms with Crippen LogP contribution in [0.25, 0.3) is 11.3 Å². The van der Waals surface area contributed by atoms with Crippen LogP contribution in [0.2, 0.25) is 0 Å². The lowest BCUT2D eigenvalue weighted by molar-refractivity contribution is -0.274. The summed E-state index contributed by atoms with van der Waals surface area (Å²) in [5.41, 5.74) is 1.36. The number of hydrogen-bond acceptors (Lipinski definition) is 5. The Morgan fingerprint density at radius 2 is 1.85 bits per heavy atom. The Balaban J connectivity index is 1.63. The van der Waals surface area contributed by atoms with Gasteiger partial charge in [0.2, 0.25) is 0 Å². The average molecular weight is 382 g/mol. The minimum absolute atomic E-state index is 0.128. The summed E-state index contributed by atoms with van der Waals surface area (Å²) >= 11 is 0. The van der Waals surface area contributed by atoms with Gasteiger partial charge >= 0.3 is 6.36 Å². The molecule has 0 amide bonds. The third kappa shape index (κ3) is 4.44. The van der Waals surface area contributed by atoms with Crippen molar-refractivity contribution in [3.8, 4) is 17.0 Å². The number of para-hydroxylation sites is 1. The van der Waals surface area contributed by atoms with Gasteiger partial charge in [-0.2, -0.15) is 0 Å². The van der Waals surface area contributed by atoms with Crippen LogP contribution in [-0.2, 0) is 11.3 Å². The van der Waals surface area contributed by atoms with Gasteiger partial charge < -0.3 is 19.3 Å². The van der Waals surface area contributed by atoms with Crippen LogP contribution < -0.4 is 10.1 Å². The van der Waals surface area contributed by atoms with E-state index in [0.717, 1.165) is 50.1 Å². The number of piperidine rings is 1. The fourth-order valence-corrected chi connectivity index (χ4v) is 3.38. The summed E-state index contributed by atoms with van der Waals surface area (Å²) < 4.78 is 54.1. The number of halogens is 3. The van der Waals surface area contributed by atoms with Crippen LogP contribution in [0.5, 0.6) is 5.75 Å². The van der Waals surface area contributed by atoms with Crippen molar-refractivity contribution in [2.45, 2.75) is 50.7 Å². The lowest BCUT2D eigenvalue weighted by Gasteiger charge is -2.23. The van der Waals surface area contributed by atoms with Gasteiger partial charge in [-0.1, -0.05) is 17.3 Å². The highest BCUT2D eigenvalue weighted by Crippen LogP contribution is 2.45. The fourth-order valence-electron chi connectivity index (χ4n) is 3.38. The van der Waals surface area contributed by atoms with Crippen LogP contribution in [0.4, 0.5) is 13.2 Å². The summed E-state index contributed by atoms with van der Waals surface area (Å²) in [5.74, 6) is 0.707. The molecule has 1 aromatic heterocycles. The Morgan fingerprint density at radius 1 is 1.11 bits per heavy atom. The van der Waals surface area contributed by atoms with E-state index >= 15 is 0 Å². The first-order chi connectivity index (χ1) is 13.0. The highest BCUT2D eigenvalue weighted by atomic mass is 19.4. The Bertz CT molecular complexity index is 781. The van der Waals surface area contributed by atoms with Gasteiger partial charge in [0.15, 0.2) is 0 Å². The lowest BCUT2D eigenvalue weighted by atomic mass is 10.0. The Morgan fingerprint density at radius 3 is 2.56 bits per heavy atom. The first-order valence-corrected chi connectivity index (χ1v) is 9.17. The highest BCUT2D eigenvalue weighted by Gasteiger charge is 2.35. The summed E-state index contributed by atoms with van der Waals surface area (Å²) in [4.78, 5) is 0. The molecule has 0 spiro atoms. The highest BCUT2D eigenvalue weighted by molar-refractivity contribution is 5.70. The van der Waals surface area contributed by atoms with Crippen molar-refractivity contribution in [2.24, 2.45) is 0 Å². The zero-order valence-electron chi connectivity index (χ0n) is 14.7. The molecule has 1 aromatic carbocycles. The zero-order valence-corrected chi connectivity index (χ0v) is 14.7.